The van der Waals surface area contributed by atoms with Crippen LogP contribution in [-0.4, -0.2) is 54.6 Å². The number of alkyl halides is 1. The van der Waals surface area contributed by atoms with E-state index in [1.54, 1.807) is 0 Å². The molecule has 0 aromatic heterocycles. The fourth-order valence-corrected chi connectivity index (χ4v) is 3.63. The molecule has 1 heterocycles. The van der Waals surface area contributed by atoms with Crippen molar-refractivity contribution < 1.29 is 9.18 Å². The largest absolute Gasteiger partial charge is 0.341 e. The maximum atomic E-state index is 13.2. The Morgan fingerprint density at radius 2 is 1.70 bits per heavy atom. The Labute approximate surface area is 121 Å². The average molecular weight is 282 g/mol. The van der Waals surface area contributed by atoms with Crippen LogP contribution in [0.5, 0.6) is 0 Å². The highest BCUT2D eigenvalue weighted by atomic mass is 19.1. The van der Waals surface area contributed by atoms with Gasteiger partial charge in [0.2, 0.25) is 5.91 Å². The molecule has 0 N–H and O–H groups in total. The first-order chi connectivity index (χ1) is 9.72. The van der Waals surface area contributed by atoms with Crippen molar-refractivity contribution in [2.24, 2.45) is 11.8 Å². The Morgan fingerprint density at radius 1 is 0.950 bits per heavy atom. The molecule has 3 aliphatic rings. The summed E-state index contributed by atoms with van der Waals surface area (Å²) in [7, 11) is 0. The van der Waals surface area contributed by atoms with Gasteiger partial charge in [-0.2, -0.15) is 0 Å². The Hall–Kier alpha value is -0.640. The van der Waals surface area contributed by atoms with Gasteiger partial charge in [-0.3, -0.25) is 4.79 Å². The van der Waals surface area contributed by atoms with E-state index in [9.17, 15) is 9.18 Å². The summed E-state index contributed by atoms with van der Waals surface area (Å²) in [5, 5.41) is 0. The summed E-state index contributed by atoms with van der Waals surface area (Å²) in [6.45, 7) is 5.05. The van der Waals surface area contributed by atoms with Gasteiger partial charge in [0.05, 0.1) is 0 Å². The maximum Gasteiger partial charge on any atom is 0.225 e. The smallest absolute Gasteiger partial charge is 0.225 e. The van der Waals surface area contributed by atoms with Gasteiger partial charge < -0.3 is 9.80 Å². The van der Waals surface area contributed by atoms with E-state index in [-0.39, 0.29) is 0 Å². The van der Waals surface area contributed by atoms with Crippen molar-refractivity contribution in [2.45, 2.75) is 51.1 Å². The molecule has 1 amide bonds. The molecule has 0 atom stereocenters. The Morgan fingerprint density at radius 3 is 2.40 bits per heavy atom. The first-order valence-electron chi connectivity index (χ1n) is 8.37. The predicted molar refractivity (Wildman–Crippen MR) is 77.2 cm³/mol. The number of nitrogens with zero attached hydrogens (tertiary/aromatic N) is 2. The monoisotopic (exact) mass is 282 g/mol. The topological polar surface area (TPSA) is 23.6 Å². The summed E-state index contributed by atoms with van der Waals surface area (Å²) in [6.07, 6.45) is 6.34. The van der Waals surface area contributed by atoms with Crippen LogP contribution in [0.2, 0.25) is 0 Å². The van der Waals surface area contributed by atoms with Gasteiger partial charge in [0.25, 0.3) is 0 Å². The first-order valence-corrected chi connectivity index (χ1v) is 8.37. The Bertz CT molecular complexity index is 337. The number of amides is 1. The fraction of sp³-hybridized carbons (Fsp3) is 0.938. The molecule has 20 heavy (non-hydrogen) atoms. The number of hydrogen-bond acceptors (Lipinski definition) is 2. The quantitative estimate of drug-likeness (QED) is 0.794. The molecule has 0 aromatic carbocycles. The van der Waals surface area contributed by atoms with E-state index in [1.807, 2.05) is 0 Å². The number of hydrogen-bond donors (Lipinski definition) is 0. The highest BCUT2D eigenvalue weighted by Crippen LogP contribution is 2.31. The molecule has 4 heteroatoms. The predicted octanol–water partition coefficient (Wildman–Crippen LogP) is 2.46. The lowest BCUT2D eigenvalue weighted by molar-refractivity contribution is -0.132. The van der Waals surface area contributed by atoms with Crippen molar-refractivity contribution >= 4 is 5.91 Å². The van der Waals surface area contributed by atoms with Gasteiger partial charge in [-0.05, 0) is 57.4 Å². The van der Waals surface area contributed by atoms with Crippen molar-refractivity contribution in [3.63, 3.8) is 0 Å². The van der Waals surface area contributed by atoms with Gasteiger partial charge >= 0.3 is 0 Å². The highest BCUT2D eigenvalue weighted by molar-refractivity contribution is 5.81. The van der Waals surface area contributed by atoms with Crippen LogP contribution in [0.1, 0.15) is 44.9 Å². The Balaban J connectivity index is 1.43. The molecule has 2 saturated carbocycles. The molecule has 0 aromatic rings. The third-order valence-corrected chi connectivity index (χ3v) is 5.12. The summed E-state index contributed by atoms with van der Waals surface area (Å²) in [5.74, 6) is 1.42. The van der Waals surface area contributed by atoms with E-state index < -0.39 is 6.17 Å². The third kappa shape index (κ3) is 3.72. The van der Waals surface area contributed by atoms with Gasteiger partial charge in [0.15, 0.2) is 0 Å². The van der Waals surface area contributed by atoms with Crippen molar-refractivity contribution in [3.05, 3.63) is 0 Å². The van der Waals surface area contributed by atoms with Gasteiger partial charge in [-0.25, -0.2) is 4.39 Å². The second kappa shape index (κ2) is 6.42. The first kappa shape index (κ1) is 14.3. The SMILES string of the molecule is O=C(C1CC1)N1CCCN(CC2CCC(F)CC2)CC1. The van der Waals surface area contributed by atoms with Crippen LogP contribution in [0.25, 0.3) is 0 Å². The van der Waals surface area contributed by atoms with E-state index >= 15 is 0 Å². The van der Waals surface area contributed by atoms with E-state index in [2.05, 4.69) is 9.80 Å². The van der Waals surface area contributed by atoms with Crippen LogP contribution in [0.3, 0.4) is 0 Å². The molecule has 0 spiro atoms. The Kier molecular flexibility index (Phi) is 4.59. The molecule has 2 aliphatic carbocycles. The molecule has 114 valence electrons. The summed E-state index contributed by atoms with van der Waals surface area (Å²) in [6, 6.07) is 0. The number of rotatable bonds is 3. The number of carbonyl (C=O) groups excluding carboxylic acids is 1. The summed E-state index contributed by atoms with van der Waals surface area (Å²) < 4.78 is 13.2. The van der Waals surface area contributed by atoms with Crippen molar-refractivity contribution in [2.75, 3.05) is 32.7 Å². The van der Waals surface area contributed by atoms with Crippen LogP contribution in [-0.2, 0) is 4.79 Å². The van der Waals surface area contributed by atoms with E-state index in [0.717, 1.165) is 77.7 Å². The zero-order valence-electron chi connectivity index (χ0n) is 12.4. The standard InChI is InChI=1S/C16H27FN2O/c17-15-6-2-13(3-7-15)12-18-8-1-9-19(11-10-18)16(20)14-4-5-14/h13-15H,1-12H2. The molecule has 3 nitrogen and oxygen atoms in total. The molecule has 1 saturated heterocycles. The van der Waals surface area contributed by atoms with Crippen LogP contribution in [0, 0.1) is 11.8 Å². The molecule has 0 unspecified atom stereocenters. The lowest BCUT2D eigenvalue weighted by atomic mass is 9.88. The second-order valence-corrected chi connectivity index (χ2v) is 6.87. The van der Waals surface area contributed by atoms with E-state index in [4.69, 9.17) is 0 Å². The van der Waals surface area contributed by atoms with Crippen LogP contribution < -0.4 is 0 Å². The molecule has 0 radical (unpaired) electrons. The zero-order chi connectivity index (χ0) is 13.9. The molecular weight excluding hydrogens is 255 g/mol. The van der Waals surface area contributed by atoms with Crippen molar-refractivity contribution in [3.8, 4) is 0 Å². The van der Waals surface area contributed by atoms with Crippen molar-refractivity contribution in [1.82, 2.24) is 9.80 Å². The third-order valence-electron chi connectivity index (χ3n) is 5.12. The summed E-state index contributed by atoms with van der Waals surface area (Å²) in [4.78, 5) is 16.7. The minimum atomic E-state index is -0.554. The van der Waals surface area contributed by atoms with Crippen molar-refractivity contribution in [1.29, 1.82) is 0 Å². The lowest BCUT2D eigenvalue weighted by Crippen LogP contribution is -2.37. The van der Waals surface area contributed by atoms with Crippen LogP contribution in [0.4, 0.5) is 4.39 Å². The molecular formula is C16H27FN2O. The molecule has 3 rings (SSSR count). The van der Waals surface area contributed by atoms with E-state index in [1.165, 1.54) is 0 Å². The molecule has 3 fully saturated rings. The van der Waals surface area contributed by atoms with E-state index in [0.29, 0.717) is 17.7 Å². The maximum absolute atomic E-state index is 13.2. The fourth-order valence-electron chi connectivity index (χ4n) is 3.63. The second-order valence-electron chi connectivity index (χ2n) is 6.87. The summed E-state index contributed by atoms with van der Waals surface area (Å²) in [5.41, 5.74) is 0. The average Bonchev–Trinajstić information content (AvgIpc) is 3.27. The number of carbonyl (C=O) groups is 1. The van der Waals surface area contributed by atoms with Gasteiger partial charge in [-0.1, -0.05) is 0 Å². The summed E-state index contributed by atoms with van der Waals surface area (Å²) >= 11 is 0. The molecule has 1 aliphatic heterocycles. The lowest BCUT2D eigenvalue weighted by Gasteiger charge is -2.30. The van der Waals surface area contributed by atoms with Crippen LogP contribution >= 0.6 is 0 Å². The minimum Gasteiger partial charge on any atom is -0.341 e. The molecule has 0 bridgehead atoms. The number of halogens is 1. The van der Waals surface area contributed by atoms with Gasteiger partial charge in [-0.15, -0.1) is 0 Å². The normalized spacial score (nSPS) is 33.0. The van der Waals surface area contributed by atoms with Gasteiger partial charge in [0.1, 0.15) is 6.17 Å². The van der Waals surface area contributed by atoms with Crippen LogP contribution in [0.15, 0.2) is 0 Å². The zero-order valence-corrected chi connectivity index (χ0v) is 12.4. The van der Waals surface area contributed by atoms with Gasteiger partial charge in [0, 0.05) is 32.1 Å². The highest BCUT2D eigenvalue weighted by Gasteiger charge is 2.34. The minimum absolute atomic E-state index is 0.349.